The predicted molar refractivity (Wildman–Crippen MR) is 69.6 cm³/mol. The minimum atomic E-state index is 0.253. The summed E-state index contributed by atoms with van der Waals surface area (Å²) in [6.45, 7) is 6.01. The van der Waals surface area contributed by atoms with E-state index in [-0.39, 0.29) is 12.2 Å². The molecular weight excluding hydrogens is 234 g/mol. The van der Waals surface area contributed by atoms with Crippen molar-refractivity contribution in [2.24, 2.45) is 0 Å². The Kier molecular flexibility index (Phi) is 2.72. The van der Waals surface area contributed by atoms with E-state index in [9.17, 15) is 0 Å². The van der Waals surface area contributed by atoms with Gasteiger partial charge >= 0.3 is 0 Å². The number of fused-ring (bicyclic) bond motifs is 1. The Morgan fingerprint density at radius 1 is 1.29 bits per heavy atom. The average molecular weight is 249 g/mol. The first-order valence-corrected chi connectivity index (χ1v) is 6.70. The van der Waals surface area contributed by atoms with Crippen LogP contribution in [0.1, 0.15) is 13.8 Å². The summed E-state index contributed by atoms with van der Waals surface area (Å²) < 4.78 is 6.92. The van der Waals surface area contributed by atoms with Gasteiger partial charge in [0.15, 0.2) is 0 Å². The summed E-state index contributed by atoms with van der Waals surface area (Å²) in [6.07, 6.45) is 2.15. The fourth-order valence-electron chi connectivity index (χ4n) is 2.35. The maximum atomic E-state index is 5.75. The number of hydrogen-bond donors (Lipinski definition) is 0. The van der Waals surface area contributed by atoms with Gasteiger partial charge in [0.05, 0.1) is 22.4 Å². The maximum Gasteiger partial charge on any atom is 0.150 e. The molecule has 3 heterocycles. The highest BCUT2D eigenvalue weighted by Crippen LogP contribution is 2.29. The molecule has 5 heteroatoms. The van der Waals surface area contributed by atoms with Crippen LogP contribution in [0.4, 0.5) is 5.82 Å². The van der Waals surface area contributed by atoms with Crippen molar-refractivity contribution in [3.05, 3.63) is 17.8 Å². The highest BCUT2D eigenvalue weighted by Gasteiger charge is 2.24. The number of nitrogens with zero attached hydrogens (tertiary/aromatic N) is 3. The Bertz CT molecular complexity index is 517. The van der Waals surface area contributed by atoms with Gasteiger partial charge in [0.1, 0.15) is 12.1 Å². The molecule has 0 aromatic carbocycles. The molecule has 1 saturated heterocycles. The van der Waals surface area contributed by atoms with E-state index >= 15 is 0 Å². The lowest BCUT2D eigenvalue weighted by molar-refractivity contribution is -0.00536. The molecule has 0 amide bonds. The van der Waals surface area contributed by atoms with Crippen molar-refractivity contribution < 1.29 is 4.74 Å². The number of thiophene rings is 1. The van der Waals surface area contributed by atoms with Gasteiger partial charge in [-0.25, -0.2) is 9.97 Å². The largest absolute Gasteiger partial charge is 0.372 e. The van der Waals surface area contributed by atoms with E-state index in [0.29, 0.717) is 0 Å². The van der Waals surface area contributed by atoms with Crippen LogP contribution in [0.3, 0.4) is 0 Å². The van der Waals surface area contributed by atoms with E-state index < -0.39 is 0 Å². The first-order chi connectivity index (χ1) is 8.24. The first-order valence-electron chi connectivity index (χ1n) is 5.82. The molecule has 0 N–H and O–H groups in total. The van der Waals surface area contributed by atoms with Gasteiger partial charge in [0.2, 0.25) is 0 Å². The lowest BCUT2D eigenvalue weighted by Gasteiger charge is -2.36. The molecule has 1 fully saturated rings. The third kappa shape index (κ3) is 2.00. The molecule has 90 valence electrons. The third-order valence-electron chi connectivity index (χ3n) is 2.94. The zero-order chi connectivity index (χ0) is 11.8. The lowest BCUT2D eigenvalue weighted by atomic mass is 10.2. The molecule has 0 radical (unpaired) electrons. The Labute approximate surface area is 104 Å². The molecule has 2 aromatic heterocycles. The topological polar surface area (TPSA) is 38.2 Å². The van der Waals surface area contributed by atoms with Crippen molar-refractivity contribution in [1.29, 1.82) is 0 Å². The Morgan fingerprint density at radius 3 is 2.82 bits per heavy atom. The summed E-state index contributed by atoms with van der Waals surface area (Å²) in [6, 6.07) is 2.04. The molecule has 0 aliphatic carbocycles. The van der Waals surface area contributed by atoms with Crippen LogP contribution >= 0.6 is 11.3 Å². The van der Waals surface area contributed by atoms with Crippen molar-refractivity contribution >= 4 is 27.4 Å². The number of rotatable bonds is 1. The van der Waals surface area contributed by atoms with Crippen LogP contribution in [0.5, 0.6) is 0 Å². The highest BCUT2D eigenvalue weighted by molar-refractivity contribution is 7.17. The standard InChI is InChI=1S/C12H15N3OS/c1-8-5-15(6-9(2)16-8)12-11-10(3-4-17-11)13-7-14-12/h3-4,7-9H,5-6H2,1-2H3. The molecule has 0 bridgehead atoms. The zero-order valence-corrected chi connectivity index (χ0v) is 10.8. The number of hydrogen-bond acceptors (Lipinski definition) is 5. The number of morpholine rings is 1. The van der Waals surface area contributed by atoms with Crippen LogP contribution < -0.4 is 4.90 Å². The molecule has 2 unspecified atom stereocenters. The maximum absolute atomic E-state index is 5.75. The summed E-state index contributed by atoms with van der Waals surface area (Å²) in [5.74, 6) is 1.05. The minimum Gasteiger partial charge on any atom is -0.372 e. The summed E-state index contributed by atoms with van der Waals surface area (Å²) >= 11 is 1.70. The van der Waals surface area contributed by atoms with Gasteiger partial charge in [0.25, 0.3) is 0 Å². The highest BCUT2D eigenvalue weighted by atomic mass is 32.1. The molecule has 2 atom stereocenters. The van der Waals surface area contributed by atoms with Crippen LogP contribution in [-0.2, 0) is 4.74 Å². The summed E-state index contributed by atoms with van der Waals surface area (Å²) in [5.41, 5.74) is 1.03. The smallest absolute Gasteiger partial charge is 0.150 e. The van der Waals surface area contributed by atoms with Gasteiger partial charge in [-0.15, -0.1) is 11.3 Å². The van der Waals surface area contributed by atoms with Crippen molar-refractivity contribution in [1.82, 2.24) is 9.97 Å². The normalized spacial score (nSPS) is 25.4. The van der Waals surface area contributed by atoms with Crippen LogP contribution in [0, 0.1) is 0 Å². The van der Waals surface area contributed by atoms with Crippen LogP contribution in [0.2, 0.25) is 0 Å². The van der Waals surface area contributed by atoms with Crippen molar-refractivity contribution in [2.75, 3.05) is 18.0 Å². The quantitative estimate of drug-likeness (QED) is 0.777. The van der Waals surface area contributed by atoms with Crippen LogP contribution in [0.25, 0.3) is 10.2 Å². The summed E-state index contributed by atoms with van der Waals surface area (Å²) in [7, 11) is 0. The molecular formula is C12H15N3OS. The van der Waals surface area contributed by atoms with Gasteiger partial charge in [-0.05, 0) is 25.3 Å². The molecule has 2 aromatic rings. The predicted octanol–water partition coefficient (Wildman–Crippen LogP) is 2.30. The van der Waals surface area contributed by atoms with E-state index in [2.05, 4.69) is 34.1 Å². The van der Waals surface area contributed by atoms with Crippen molar-refractivity contribution in [3.63, 3.8) is 0 Å². The Balaban J connectivity index is 2.00. The summed E-state index contributed by atoms with van der Waals surface area (Å²) in [5, 5.41) is 2.07. The number of aromatic nitrogens is 2. The second-order valence-electron chi connectivity index (χ2n) is 4.49. The second-order valence-corrected chi connectivity index (χ2v) is 5.41. The number of anilines is 1. The van der Waals surface area contributed by atoms with Gasteiger partial charge in [-0.2, -0.15) is 0 Å². The number of ether oxygens (including phenoxy) is 1. The Hall–Kier alpha value is -1.20. The monoisotopic (exact) mass is 249 g/mol. The fraction of sp³-hybridized carbons (Fsp3) is 0.500. The van der Waals surface area contributed by atoms with Crippen LogP contribution in [-0.4, -0.2) is 35.3 Å². The van der Waals surface area contributed by atoms with E-state index in [1.807, 2.05) is 6.07 Å². The lowest BCUT2D eigenvalue weighted by Crippen LogP contribution is -2.45. The van der Waals surface area contributed by atoms with Gasteiger partial charge in [0, 0.05) is 13.1 Å². The van der Waals surface area contributed by atoms with E-state index in [1.54, 1.807) is 17.7 Å². The molecule has 1 aliphatic heterocycles. The van der Waals surface area contributed by atoms with E-state index in [1.165, 1.54) is 4.70 Å². The first kappa shape index (κ1) is 10.9. The molecule has 17 heavy (non-hydrogen) atoms. The van der Waals surface area contributed by atoms with Gasteiger partial charge in [-0.3, -0.25) is 0 Å². The van der Waals surface area contributed by atoms with Gasteiger partial charge in [-0.1, -0.05) is 0 Å². The molecule has 0 saturated carbocycles. The van der Waals surface area contributed by atoms with E-state index in [0.717, 1.165) is 24.4 Å². The zero-order valence-electron chi connectivity index (χ0n) is 9.96. The average Bonchev–Trinajstić information content (AvgIpc) is 2.75. The fourth-order valence-corrected chi connectivity index (χ4v) is 3.21. The summed E-state index contributed by atoms with van der Waals surface area (Å²) in [4.78, 5) is 11.0. The minimum absolute atomic E-state index is 0.253. The molecule has 4 nitrogen and oxygen atoms in total. The Morgan fingerprint density at radius 2 is 2.06 bits per heavy atom. The third-order valence-corrected chi connectivity index (χ3v) is 3.84. The van der Waals surface area contributed by atoms with Crippen LogP contribution in [0.15, 0.2) is 17.8 Å². The van der Waals surface area contributed by atoms with E-state index in [4.69, 9.17) is 4.74 Å². The molecule has 3 rings (SSSR count). The van der Waals surface area contributed by atoms with Crippen molar-refractivity contribution in [3.8, 4) is 0 Å². The van der Waals surface area contributed by atoms with Crippen molar-refractivity contribution in [2.45, 2.75) is 26.1 Å². The molecule has 0 spiro atoms. The SMILES string of the molecule is CC1CN(c2ncnc3ccsc23)CC(C)O1. The van der Waals surface area contributed by atoms with Gasteiger partial charge < -0.3 is 9.64 Å². The second kappa shape index (κ2) is 4.23. The molecule has 1 aliphatic rings.